The van der Waals surface area contributed by atoms with Gasteiger partial charge in [0.2, 0.25) is 5.91 Å². The first-order valence-corrected chi connectivity index (χ1v) is 7.05. The molecule has 1 N–H and O–H groups in total. The Bertz CT molecular complexity index is 340. The lowest BCUT2D eigenvalue weighted by molar-refractivity contribution is -0.141. The van der Waals surface area contributed by atoms with Gasteiger partial charge in [-0.25, -0.2) is 0 Å². The van der Waals surface area contributed by atoms with E-state index in [1.807, 2.05) is 0 Å². The number of likely N-dealkylation sites (N-methyl/N-ethyl adjacent to an activating group) is 1. The van der Waals surface area contributed by atoms with E-state index >= 15 is 0 Å². The van der Waals surface area contributed by atoms with Gasteiger partial charge in [0.1, 0.15) is 0 Å². The molecular formula is C13H23N3O3. The van der Waals surface area contributed by atoms with Crippen LogP contribution in [0.3, 0.4) is 0 Å². The Kier molecular flexibility index (Phi) is 4.76. The Hall–Kier alpha value is -1.14. The van der Waals surface area contributed by atoms with Crippen LogP contribution in [0.5, 0.6) is 0 Å². The summed E-state index contributed by atoms with van der Waals surface area (Å²) in [7, 11) is 0. The van der Waals surface area contributed by atoms with Crippen molar-refractivity contribution in [2.75, 3.05) is 52.4 Å². The van der Waals surface area contributed by atoms with Gasteiger partial charge < -0.3 is 14.9 Å². The third kappa shape index (κ3) is 3.67. The summed E-state index contributed by atoms with van der Waals surface area (Å²) in [5, 5.41) is 8.93. The molecule has 6 nitrogen and oxygen atoms in total. The Balaban J connectivity index is 1.71. The quantitative estimate of drug-likeness (QED) is 0.733. The molecule has 2 aliphatic rings. The van der Waals surface area contributed by atoms with Gasteiger partial charge in [0.05, 0.1) is 5.92 Å². The van der Waals surface area contributed by atoms with E-state index in [1.54, 1.807) is 4.90 Å². The first kappa shape index (κ1) is 14.3. The topological polar surface area (TPSA) is 64.1 Å². The van der Waals surface area contributed by atoms with Crippen LogP contribution in [0, 0.1) is 5.92 Å². The van der Waals surface area contributed by atoms with E-state index in [-0.39, 0.29) is 12.3 Å². The van der Waals surface area contributed by atoms with Crippen molar-refractivity contribution in [1.29, 1.82) is 0 Å². The minimum absolute atomic E-state index is 0.0143. The fraction of sp³-hybridized carbons (Fsp3) is 0.846. The highest BCUT2D eigenvalue weighted by Crippen LogP contribution is 2.17. The average Bonchev–Trinajstić information content (AvgIpc) is 2.79. The molecule has 0 aromatic heterocycles. The van der Waals surface area contributed by atoms with Crippen LogP contribution in [0.2, 0.25) is 0 Å². The van der Waals surface area contributed by atoms with Crippen LogP contribution >= 0.6 is 0 Å². The standard InChI is InChI=1S/C13H23N3O3/c1-2-14-3-5-15(6-4-14)7-8-16-10-11(13(18)19)9-12(16)17/h11H,2-10H2,1H3,(H,18,19). The summed E-state index contributed by atoms with van der Waals surface area (Å²) in [6.07, 6.45) is 0.166. The molecule has 6 heteroatoms. The Morgan fingerprint density at radius 1 is 1.21 bits per heavy atom. The number of carboxylic acid groups (broad SMARTS) is 1. The summed E-state index contributed by atoms with van der Waals surface area (Å²) in [6, 6.07) is 0. The van der Waals surface area contributed by atoms with E-state index in [1.165, 1.54) is 0 Å². The zero-order valence-electron chi connectivity index (χ0n) is 11.5. The second-order valence-electron chi connectivity index (χ2n) is 5.35. The molecule has 0 radical (unpaired) electrons. The summed E-state index contributed by atoms with van der Waals surface area (Å²) in [4.78, 5) is 29.0. The number of rotatable bonds is 5. The number of likely N-dealkylation sites (tertiary alicyclic amines) is 1. The normalized spacial score (nSPS) is 26.1. The molecule has 2 saturated heterocycles. The van der Waals surface area contributed by atoms with Crippen LogP contribution in [-0.2, 0) is 9.59 Å². The lowest BCUT2D eigenvalue weighted by Crippen LogP contribution is -2.48. The van der Waals surface area contributed by atoms with Crippen molar-refractivity contribution in [1.82, 2.24) is 14.7 Å². The molecule has 0 bridgehead atoms. The second-order valence-corrected chi connectivity index (χ2v) is 5.35. The molecule has 1 amide bonds. The molecule has 1 unspecified atom stereocenters. The van der Waals surface area contributed by atoms with Crippen molar-refractivity contribution >= 4 is 11.9 Å². The molecule has 108 valence electrons. The molecule has 0 aromatic carbocycles. The number of carbonyl (C=O) groups is 2. The zero-order chi connectivity index (χ0) is 13.8. The fourth-order valence-electron chi connectivity index (χ4n) is 2.74. The van der Waals surface area contributed by atoms with Crippen molar-refractivity contribution in [2.24, 2.45) is 5.92 Å². The number of hydrogen-bond acceptors (Lipinski definition) is 4. The van der Waals surface area contributed by atoms with Crippen molar-refractivity contribution in [2.45, 2.75) is 13.3 Å². The van der Waals surface area contributed by atoms with Gasteiger partial charge >= 0.3 is 5.97 Å². The maximum absolute atomic E-state index is 11.7. The van der Waals surface area contributed by atoms with E-state index in [4.69, 9.17) is 5.11 Å². The molecular weight excluding hydrogens is 246 g/mol. The van der Waals surface area contributed by atoms with Gasteiger partial charge in [-0.2, -0.15) is 0 Å². The van der Waals surface area contributed by atoms with E-state index < -0.39 is 11.9 Å². The first-order valence-electron chi connectivity index (χ1n) is 7.05. The van der Waals surface area contributed by atoms with Crippen LogP contribution in [0.4, 0.5) is 0 Å². The molecule has 2 aliphatic heterocycles. The number of piperazine rings is 1. The maximum atomic E-state index is 11.7. The van der Waals surface area contributed by atoms with E-state index in [2.05, 4.69) is 16.7 Å². The molecule has 0 saturated carbocycles. The monoisotopic (exact) mass is 269 g/mol. The molecule has 2 heterocycles. The van der Waals surface area contributed by atoms with Gasteiger partial charge in [-0.3, -0.25) is 14.5 Å². The van der Waals surface area contributed by atoms with Gasteiger partial charge in [-0.05, 0) is 6.54 Å². The van der Waals surface area contributed by atoms with Gasteiger partial charge in [0.15, 0.2) is 0 Å². The third-order valence-electron chi connectivity index (χ3n) is 4.16. The maximum Gasteiger partial charge on any atom is 0.308 e. The number of amides is 1. The largest absolute Gasteiger partial charge is 0.481 e. The summed E-state index contributed by atoms with van der Waals surface area (Å²) in [5.41, 5.74) is 0. The van der Waals surface area contributed by atoms with E-state index in [9.17, 15) is 9.59 Å². The van der Waals surface area contributed by atoms with Gasteiger partial charge in [-0.1, -0.05) is 6.92 Å². The highest BCUT2D eigenvalue weighted by molar-refractivity contribution is 5.86. The Morgan fingerprint density at radius 3 is 2.37 bits per heavy atom. The first-order chi connectivity index (χ1) is 9.10. The second kappa shape index (κ2) is 6.34. The Morgan fingerprint density at radius 2 is 1.84 bits per heavy atom. The summed E-state index contributed by atoms with van der Waals surface area (Å²) >= 11 is 0. The fourth-order valence-corrected chi connectivity index (χ4v) is 2.74. The lowest BCUT2D eigenvalue weighted by Gasteiger charge is -2.34. The number of carbonyl (C=O) groups excluding carboxylic acids is 1. The number of aliphatic carboxylic acids is 1. The minimum atomic E-state index is -0.854. The molecule has 0 aromatic rings. The highest BCUT2D eigenvalue weighted by atomic mass is 16.4. The molecule has 2 fully saturated rings. The SMILES string of the molecule is CCN1CCN(CCN2CC(C(=O)O)CC2=O)CC1. The summed E-state index contributed by atoms with van der Waals surface area (Å²) < 4.78 is 0. The number of nitrogens with zero attached hydrogens (tertiary/aromatic N) is 3. The Labute approximate surface area is 114 Å². The van der Waals surface area contributed by atoms with Crippen LogP contribution in [-0.4, -0.2) is 84.0 Å². The minimum Gasteiger partial charge on any atom is -0.481 e. The predicted molar refractivity (Wildman–Crippen MR) is 70.9 cm³/mol. The van der Waals surface area contributed by atoms with Crippen LogP contribution in [0.25, 0.3) is 0 Å². The molecule has 0 aliphatic carbocycles. The number of hydrogen-bond donors (Lipinski definition) is 1. The predicted octanol–water partition coefficient (Wildman–Crippen LogP) is -0.443. The van der Waals surface area contributed by atoms with Crippen LogP contribution in [0.15, 0.2) is 0 Å². The van der Waals surface area contributed by atoms with Crippen molar-refractivity contribution in [3.8, 4) is 0 Å². The zero-order valence-corrected chi connectivity index (χ0v) is 11.5. The molecule has 19 heavy (non-hydrogen) atoms. The van der Waals surface area contributed by atoms with Gasteiger partial charge in [0, 0.05) is 52.2 Å². The summed E-state index contributed by atoms with van der Waals surface area (Å²) in [5.74, 6) is -1.38. The van der Waals surface area contributed by atoms with E-state index in [0.29, 0.717) is 13.1 Å². The number of carboxylic acids is 1. The molecule has 0 spiro atoms. The van der Waals surface area contributed by atoms with Crippen molar-refractivity contribution in [3.05, 3.63) is 0 Å². The van der Waals surface area contributed by atoms with Gasteiger partial charge in [0.25, 0.3) is 0 Å². The van der Waals surface area contributed by atoms with E-state index in [0.717, 1.165) is 39.3 Å². The lowest BCUT2D eigenvalue weighted by atomic mass is 10.1. The van der Waals surface area contributed by atoms with Gasteiger partial charge in [-0.15, -0.1) is 0 Å². The van der Waals surface area contributed by atoms with Crippen LogP contribution < -0.4 is 0 Å². The molecule has 1 atom stereocenters. The average molecular weight is 269 g/mol. The third-order valence-corrected chi connectivity index (χ3v) is 4.16. The summed E-state index contributed by atoms with van der Waals surface area (Å²) in [6.45, 7) is 9.41. The highest BCUT2D eigenvalue weighted by Gasteiger charge is 2.34. The molecule has 2 rings (SSSR count). The van der Waals surface area contributed by atoms with Crippen molar-refractivity contribution < 1.29 is 14.7 Å². The smallest absolute Gasteiger partial charge is 0.308 e. The van der Waals surface area contributed by atoms with Crippen LogP contribution in [0.1, 0.15) is 13.3 Å². The van der Waals surface area contributed by atoms with Crippen molar-refractivity contribution in [3.63, 3.8) is 0 Å².